The van der Waals surface area contributed by atoms with Crippen molar-refractivity contribution in [2.75, 3.05) is 19.6 Å². The van der Waals surface area contributed by atoms with Crippen LogP contribution in [0.1, 0.15) is 25.8 Å². The van der Waals surface area contributed by atoms with Crippen LogP contribution in [0.2, 0.25) is 0 Å². The summed E-state index contributed by atoms with van der Waals surface area (Å²) in [5, 5.41) is 9.79. The number of furan rings is 1. The van der Waals surface area contributed by atoms with Crippen LogP contribution in [-0.2, 0) is 6.42 Å². The zero-order chi connectivity index (χ0) is 11.1. The minimum atomic E-state index is -0.261. The van der Waals surface area contributed by atoms with Gasteiger partial charge in [-0.3, -0.25) is 0 Å². The number of aliphatic hydroxyl groups excluding tert-OH is 1. The van der Waals surface area contributed by atoms with Gasteiger partial charge in [-0.05, 0) is 31.1 Å². The molecule has 0 radical (unpaired) electrons. The second kappa shape index (κ2) is 6.64. The van der Waals surface area contributed by atoms with Crippen LogP contribution in [0, 0.1) is 0 Å². The van der Waals surface area contributed by atoms with E-state index in [1.165, 1.54) is 0 Å². The molecule has 0 aliphatic carbocycles. The molecule has 0 saturated heterocycles. The van der Waals surface area contributed by atoms with Gasteiger partial charge in [-0.2, -0.15) is 0 Å². The zero-order valence-corrected chi connectivity index (χ0v) is 9.65. The molecular formula is C12H21NO2. The summed E-state index contributed by atoms with van der Waals surface area (Å²) in [6.45, 7) is 7.35. The number of aliphatic hydroxyl groups is 1. The fraction of sp³-hybridized carbons (Fsp3) is 0.667. The van der Waals surface area contributed by atoms with Crippen LogP contribution in [0.5, 0.6) is 0 Å². The first kappa shape index (κ1) is 12.3. The maximum absolute atomic E-state index is 9.79. The lowest BCUT2D eigenvalue weighted by Gasteiger charge is -2.19. The lowest BCUT2D eigenvalue weighted by Crippen LogP contribution is -2.27. The van der Waals surface area contributed by atoms with Crippen molar-refractivity contribution in [1.82, 2.24) is 4.90 Å². The van der Waals surface area contributed by atoms with Gasteiger partial charge in [-0.15, -0.1) is 0 Å². The topological polar surface area (TPSA) is 36.6 Å². The third-order valence-electron chi connectivity index (χ3n) is 2.72. The van der Waals surface area contributed by atoms with Gasteiger partial charge in [0.25, 0.3) is 0 Å². The summed E-state index contributed by atoms with van der Waals surface area (Å²) in [4.78, 5) is 2.32. The van der Waals surface area contributed by atoms with E-state index in [0.717, 1.165) is 31.6 Å². The smallest absolute Gasteiger partial charge is 0.0935 e. The van der Waals surface area contributed by atoms with Gasteiger partial charge in [0.15, 0.2) is 0 Å². The largest absolute Gasteiger partial charge is 0.472 e. The van der Waals surface area contributed by atoms with Gasteiger partial charge in [0.05, 0.1) is 18.6 Å². The summed E-state index contributed by atoms with van der Waals surface area (Å²) < 4.78 is 4.96. The summed E-state index contributed by atoms with van der Waals surface area (Å²) in [7, 11) is 0. The maximum atomic E-state index is 9.79. The third-order valence-corrected chi connectivity index (χ3v) is 2.72. The molecule has 15 heavy (non-hydrogen) atoms. The van der Waals surface area contributed by atoms with Crippen molar-refractivity contribution >= 4 is 0 Å². The van der Waals surface area contributed by atoms with E-state index in [-0.39, 0.29) is 6.10 Å². The summed E-state index contributed by atoms with van der Waals surface area (Å²) in [5.74, 6) is 0. The SMILES string of the molecule is CCN(CC)CCC(O)Cc1ccoc1. The van der Waals surface area contributed by atoms with Gasteiger partial charge < -0.3 is 14.4 Å². The van der Waals surface area contributed by atoms with E-state index >= 15 is 0 Å². The van der Waals surface area contributed by atoms with Crippen LogP contribution < -0.4 is 0 Å². The van der Waals surface area contributed by atoms with Crippen LogP contribution in [0.25, 0.3) is 0 Å². The van der Waals surface area contributed by atoms with E-state index in [1.807, 2.05) is 6.07 Å². The third kappa shape index (κ3) is 4.49. The second-order valence-electron chi connectivity index (χ2n) is 3.81. The molecule has 1 heterocycles. The Kier molecular flexibility index (Phi) is 5.43. The van der Waals surface area contributed by atoms with E-state index in [0.29, 0.717) is 6.42 Å². The van der Waals surface area contributed by atoms with Gasteiger partial charge in [0.2, 0.25) is 0 Å². The molecule has 0 spiro atoms. The highest BCUT2D eigenvalue weighted by molar-refractivity contribution is 5.06. The van der Waals surface area contributed by atoms with Crippen LogP contribution in [0.3, 0.4) is 0 Å². The fourth-order valence-electron chi connectivity index (χ4n) is 1.65. The Balaban J connectivity index is 2.21. The molecule has 1 rings (SSSR count). The lowest BCUT2D eigenvalue weighted by molar-refractivity contribution is 0.143. The Morgan fingerprint density at radius 1 is 1.40 bits per heavy atom. The quantitative estimate of drug-likeness (QED) is 0.748. The highest BCUT2D eigenvalue weighted by Gasteiger charge is 2.08. The first-order valence-corrected chi connectivity index (χ1v) is 5.67. The van der Waals surface area contributed by atoms with Crippen molar-refractivity contribution in [2.45, 2.75) is 32.8 Å². The molecule has 0 aliphatic heterocycles. The van der Waals surface area contributed by atoms with Crippen molar-refractivity contribution in [3.63, 3.8) is 0 Å². The molecule has 1 unspecified atom stereocenters. The minimum absolute atomic E-state index is 0.261. The molecule has 0 saturated carbocycles. The van der Waals surface area contributed by atoms with Gasteiger partial charge in [-0.1, -0.05) is 13.8 Å². The zero-order valence-electron chi connectivity index (χ0n) is 9.65. The van der Waals surface area contributed by atoms with Crippen molar-refractivity contribution in [1.29, 1.82) is 0 Å². The van der Waals surface area contributed by atoms with Gasteiger partial charge in [0, 0.05) is 13.0 Å². The van der Waals surface area contributed by atoms with E-state index in [2.05, 4.69) is 18.7 Å². The highest BCUT2D eigenvalue weighted by Crippen LogP contribution is 2.07. The summed E-state index contributed by atoms with van der Waals surface area (Å²) in [6, 6.07) is 1.90. The average molecular weight is 211 g/mol. The predicted molar refractivity (Wildman–Crippen MR) is 60.8 cm³/mol. The lowest BCUT2D eigenvalue weighted by atomic mass is 10.1. The monoisotopic (exact) mass is 211 g/mol. The van der Waals surface area contributed by atoms with E-state index < -0.39 is 0 Å². The van der Waals surface area contributed by atoms with Crippen LogP contribution in [-0.4, -0.2) is 35.7 Å². The standard InChI is InChI=1S/C12H21NO2/c1-3-13(4-2)7-5-12(14)9-11-6-8-15-10-11/h6,8,10,12,14H,3-5,7,9H2,1-2H3. The molecule has 3 heteroatoms. The summed E-state index contributed by atoms with van der Waals surface area (Å²) in [5.41, 5.74) is 1.07. The molecule has 1 atom stereocenters. The van der Waals surface area contributed by atoms with Crippen molar-refractivity contribution in [3.05, 3.63) is 24.2 Å². The van der Waals surface area contributed by atoms with Crippen LogP contribution in [0.15, 0.2) is 23.0 Å². The normalized spacial score (nSPS) is 13.3. The number of hydrogen-bond acceptors (Lipinski definition) is 3. The Morgan fingerprint density at radius 2 is 2.13 bits per heavy atom. The molecule has 0 fully saturated rings. The van der Waals surface area contributed by atoms with Crippen molar-refractivity contribution in [2.24, 2.45) is 0 Å². The Bertz CT molecular complexity index is 242. The van der Waals surface area contributed by atoms with Crippen molar-refractivity contribution in [3.8, 4) is 0 Å². The average Bonchev–Trinajstić information content (AvgIpc) is 2.72. The molecule has 0 aromatic carbocycles. The first-order chi connectivity index (χ1) is 7.26. The van der Waals surface area contributed by atoms with Gasteiger partial charge in [-0.25, -0.2) is 0 Å². The Morgan fingerprint density at radius 3 is 2.67 bits per heavy atom. The highest BCUT2D eigenvalue weighted by atomic mass is 16.3. The van der Waals surface area contributed by atoms with Gasteiger partial charge >= 0.3 is 0 Å². The van der Waals surface area contributed by atoms with E-state index in [9.17, 15) is 5.11 Å². The van der Waals surface area contributed by atoms with Crippen LogP contribution in [0.4, 0.5) is 0 Å². The summed E-state index contributed by atoms with van der Waals surface area (Å²) in [6.07, 6.45) is 4.60. The van der Waals surface area contributed by atoms with E-state index in [1.54, 1.807) is 12.5 Å². The summed E-state index contributed by atoms with van der Waals surface area (Å²) >= 11 is 0. The Labute approximate surface area is 91.7 Å². The number of rotatable bonds is 7. The molecule has 0 bridgehead atoms. The van der Waals surface area contributed by atoms with E-state index in [4.69, 9.17) is 4.42 Å². The molecule has 86 valence electrons. The molecule has 1 aromatic rings. The molecule has 1 N–H and O–H groups in total. The van der Waals surface area contributed by atoms with Crippen LogP contribution >= 0.6 is 0 Å². The molecule has 3 nitrogen and oxygen atoms in total. The Hall–Kier alpha value is -0.800. The molecular weight excluding hydrogens is 190 g/mol. The first-order valence-electron chi connectivity index (χ1n) is 5.67. The second-order valence-corrected chi connectivity index (χ2v) is 3.81. The van der Waals surface area contributed by atoms with Crippen molar-refractivity contribution < 1.29 is 9.52 Å². The number of nitrogens with zero attached hydrogens (tertiary/aromatic N) is 1. The molecule has 0 amide bonds. The van der Waals surface area contributed by atoms with Gasteiger partial charge in [0.1, 0.15) is 0 Å². The fourth-order valence-corrected chi connectivity index (χ4v) is 1.65. The number of hydrogen-bond donors (Lipinski definition) is 1. The molecule has 1 aromatic heterocycles. The molecule has 0 aliphatic rings. The predicted octanol–water partition coefficient (Wildman–Crippen LogP) is 1.91. The minimum Gasteiger partial charge on any atom is -0.472 e. The maximum Gasteiger partial charge on any atom is 0.0935 e.